The normalized spacial score (nSPS) is 25.5. The number of hydrogen-bond donors (Lipinski definition) is 1. The molecule has 2 fully saturated rings. The van der Waals surface area contributed by atoms with Crippen LogP contribution in [0.2, 0.25) is 0 Å². The largest absolute Gasteiger partial charge is 0.391 e. The fourth-order valence-corrected chi connectivity index (χ4v) is 4.64. The number of benzene rings is 1. The number of carbonyl (C=O) groups is 1. The number of pyridine rings is 1. The van der Waals surface area contributed by atoms with Crippen LogP contribution < -0.4 is 0 Å². The number of para-hydroxylation sites is 1. The Hall–Kier alpha value is -1.94. The topological polar surface area (TPSA) is 53.4 Å². The van der Waals surface area contributed by atoms with Crippen molar-refractivity contribution in [3.05, 3.63) is 42.1 Å². The van der Waals surface area contributed by atoms with Gasteiger partial charge in [0.15, 0.2) is 0 Å². The van der Waals surface area contributed by atoms with E-state index in [4.69, 9.17) is 4.98 Å². The average Bonchev–Trinajstić information content (AvgIpc) is 3.02. The van der Waals surface area contributed by atoms with E-state index in [-0.39, 0.29) is 17.2 Å². The quantitative estimate of drug-likeness (QED) is 0.919. The summed E-state index contributed by atoms with van der Waals surface area (Å²) in [7, 11) is 0. The molecule has 138 valence electrons. The van der Waals surface area contributed by atoms with Crippen LogP contribution in [-0.4, -0.2) is 40.1 Å². The zero-order valence-electron chi connectivity index (χ0n) is 15.5. The monoisotopic (exact) mass is 352 g/mol. The molecule has 4 heteroatoms. The van der Waals surface area contributed by atoms with Gasteiger partial charge >= 0.3 is 0 Å². The van der Waals surface area contributed by atoms with Crippen LogP contribution in [0.4, 0.5) is 0 Å². The zero-order chi connectivity index (χ0) is 18.1. The molecule has 2 heterocycles. The highest BCUT2D eigenvalue weighted by Gasteiger charge is 2.42. The Morgan fingerprint density at radius 2 is 1.92 bits per heavy atom. The summed E-state index contributed by atoms with van der Waals surface area (Å²) >= 11 is 0. The standard InChI is InChI=1S/C22H28N2O2/c1-22(11-5-2-6-12-22)21(26)24-14-17(20(25)15-24)13-18-10-9-16-7-3-4-8-19(16)23-18/h3-4,7-10,17,20,25H,2,5-6,11-15H2,1H3/t17-,20-/m1/s1. The molecule has 2 aliphatic rings. The van der Waals surface area contributed by atoms with Gasteiger partial charge in [0.25, 0.3) is 0 Å². The van der Waals surface area contributed by atoms with Gasteiger partial charge in [0.1, 0.15) is 0 Å². The Bertz CT molecular complexity index is 798. The van der Waals surface area contributed by atoms with Crippen molar-refractivity contribution in [1.82, 2.24) is 9.88 Å². The number of aliphatic hydroxyl groups is 1. The molecule has 1 aliphatic carbocycles. The molecule has 1 amide bonds. The Kier molecular flexibility index (Phi) is 4.70. The van der Waals surface area contributed by atoms with E-state index in [9.17, 15) is 9.90 Å². The highest BCUT2D eigenvalue weighted by molar-refractivity contribution is 5.83. The van der Waals surface area contributed by atoms with Crippen LogP contribution >= 0.6 is 0 Å². The third kappa shape index (κ3) is 3.35. The lowest BCUT2D eigenvalue weighted by molar-refractivity contribution is -0.142. The average molecular weight is 352 g/mol. The van der Waals surface area contributed by atoms with Gasteiger partial charge < -0.3 is 10.0 Å². The van der Waals surface area contributed by atoms with E-state index in [1.165, 1.54) is 6.42 Å². The minimum atomic E-state index is -0.459. The molecule has 4 nitrogen and oxygen atoms in total. The van der Waals surface area contributed by atoms with Gasteiger partial charge in [0.2, 0.25) is 5.91 Å². The van der Waals surface area contributed by atoms with Crippen LogP contribution in [0.25, 0.3) is 10.9 Å². The summed E-state index contributed by atoms with van der Waals surface area (Å²) < 4.78 is 0. The number of β-amino-alcohol motifs (C(OH)–C–C–N with tert-alkyl or cyclic N) is 1. The first-order valence-corrected chi connectivity index (χ1v) is 9.87. The third-order valence-electron chi connectivity index (χ3n) is 6.29. The van der Waals surface area contributed by atoms with Crippen molar-refractivity contribution in [2.75, 3.05) is 13.1 Å². The molecule has 26 heavy (non-hydrogen) atoms. The van der Waals surface area contributed by atoms with E-state index in [0.717, 1.165) is 42.3 Å². The number of aromatic nitrogens is 1. The van der Waals surface area contributed by atoms with Crippen LogP contribution in [0.1, 0.15) is 44.7 Å². The fourth-order valence-electron chi connectivity index (χ4n) is 4.64. The van der Waals surface area contributed by atoms with Crippen molar-refractivity contribution in [2.45, 2.75) is 51.6 Å². The van der Waals surface area contributed by atoms with Crippen molar-refractivity contribution in [3.8, 4) is 0 Å². The van der Waals surface area contributed by atoms with Crippen LogP contribution in [-0.2, 0) is 11.2 Å². The zero-order valence-corrected chi connectivity index (χ0v) is 15.5. The van der Waals surface area contributed by atoms with Gasteiger partial charge in [-0.1, -0.05) is 50.5 Å². The van der Waals surface area contributed by atoms with Crippen molar-refractivity contribution >= 4 is 16.8 Å². The molecule has 4 rings (SSSR count). The molecule has 2 aromatic rings. The minimum Gasteiger partial charge on any atom is -0.391 e. The number of rotatable bonds is 3. The van der Waals surface area contributed by atoms with Crippen LogP contribution in [0.3, 0.4) is 0 Å². The summed E-state index contributed by atoms with van der Waals surface area (Å²) in [6.07, 6.45) is 5.74. The van der Waals surface area contributed by atoms with Gasteiger partial charge in [-0.2, -0.15) is 0 Å². The van der Waals surface area contributed by atoms with E-state index >= 15 is 0 Å². The van der Waals surface area contributed by atoms with Gasteiger partial charge in [0, 0.05) is 35.5 Å². The Morgan fingerprint density at radius 1 is 1.15 bits per heavy atom. The number of carbonyl (C=O) groups excluding carboxylic acids is 1. The second kappa shape index (κ2) is 6.99. The maximum atomic E-state index is 13.0. The molecular formula is C22H28N2O2. The lowest BCUT2D eigenvalue weighted by Gasteiger charge is -2.35. The molecule has 1 saturated carbocycles. The summed E-state index contributed by atoms with van der Waals surface area (Å²) in [5.41, 5.74) is 1.75. The maximum Gasteiger partial charge on any atom is 0.228 e. The van der Waals surface area contributed by atoms with Gasteiger partial charge in [-0.25, -0.2) is 0 Å². The summed E-state index contributed by atoms with van der Waals surface area (Å²) in [4.78, 5) is 19.7. The Morgan fingerprint density at radius 3 is 2.73 bits per heavy atom. The predicted octanol–water partition coefficient (Wildman–Crippen LogP) is 3.57. The second-order valence-corrected chi connectivity index (χ2v) is 8.36. The molecule has 1 N–H and O–H groups in total. The Balaban J connectivity index is 1.45. The molecule has 1 aromatic heterocycles. The summed E-state index contributed by atoms with van der Waals surface area (Å²) in [5, 5.41) is 11.7. The minimum absolute atomic E-state index is 0.0693. The highest BCUT2D eigenvalue weighted by Crippen LogP contribution is 2.38. The summed E-state index contributed by atoms with van der Waals surface area (Å²) in [6.45, 7) is 3.22. The maximum absolute atomic E-state index is 13.0. The van der Waals surface area contributed by atoms with Crippen molar-refractivity contribution < 1.29 is 9.90 Å². The van der Waals surface area contributed by atoms with E-state index in [1.54, 1.807) is 0 Å². The molecule has 2 atom stereocenters. The smallest absolute Gasteiger partial charge is 0.228 e. The first-order valence-electron chi connectivity index (χ1n) is 9.87. The molecular weight excluding hydrogens is 324 g/mol. The number of aliphatic hydroxyl groups excluding tert-OH is 1. The fraction of sp³-hybridized carbons (Fsp3) is 0.545. The lowest BCUT2D eigenvalue weighted by Crippen LogP contribution is -2.42. The van der Waals surface area contributed by atoms with Crippen LogP contribution in [0, 0.1) is 11.3 Å². The molecule has 1 aliphatic heterocycles. The number of fused-ring (bicyclic) bond motifs is 1. The van der Waals surface area contributed by atoms with E-state index in [2.05, 4.69) is 19.1 Å². The van der Waals surface area contributed by atoms with Crippen molar-refractivity contribution in [2.24, 2.45) is 11.3 Å². The molecule has 0 spiro atoms. The van der Waals surface area contributed by atoms with E-state index in [0.29, 0.717) is 19.5 Å². The lowest BCUT2D eigenvalue weighted by atomic mass is 9.74. The first-order chi connectivity index (χ1) is 12.5. The number of likely N-dealkylation sites (tertiary alicyclic amines) is 1. The van der Waals surface area contributed by atoms with Gasteiger partial charge in [-0.15, -0.1) is 0 Å². The van der Waals surface area contributed by atoms with Gasteiger partial charge in [0.05, 0.1) is 11.6 Å². The van der Waals surface area contributed by atoms with E-state index < -0.39 is 6.10 Å². The van der Waals surface area contributed by atoms with Gasteiger partial charge in [-0.05, 0) is 31.4 Å². The van der Waals surface area contributed by atoms with Crippen LogP contribution in [0.15, 0.2) is 36.4 Å². The highest BCUT2D eigenvalue weighted by atomic mass is 16.3. The third-order valence-corrected chi connectivity index (χ3v) is 6.29. The number of amides is 1. The first kappa shape index (κ1) is 17.5. The predicted molar refractivity (Wildman–Crippen MR) is 103 cm³/mol. The van der Waals surface area contributed by atoms with Crippen molar-refractivity contribution in [3.63, 3.8) is 0 Å². The molecule has 1 aromatic carbocycles. The SMILES string of the molecule is CC1(C(=O)N2C[C@@H](Cc3ccc4ccccc4n3)[C@H](O)C2)CCCCC1. The van der Waals surface area contributed by atoms with Crippen molar-refractivity contribution in [1.29, 1.82) is 0 Å². The van der Waals surface area contributed by atoms with Crippen LogP contribution in [0.5, 0.6) is 0 Å². The second-order valence-electron chi connectivity index (χ2n) is 8.36. The Labute approximate surface area is 155 Å². The summed E-state index contributed by atoms with van der Waals surface area (Å²) in [6, 6.07) is 12.2. The molecule has 0 bridgehead atoms. The number of hydrogen-bond acceptors (Lipinski definition) is 3. The van der Waals surface area contributed by atoms with Gasteiger partial charge in [-0.3, -0.25) is 9.78 Å². The molecule has 1 saturated heterocycles. The molecule has 0 radical (unpaired) electrons. The summed E-state index contributed by atoms with van der Waals surface area (Å²) in [5.74, 6) is 0.310. The molecule has 0 unspecified atom stereocenters. The van der Waals surface area contributed by atoms with E-state index in [1.807, 2.05) is 29.2 Å². The number of nitrogens with zero attached hydrogens (tertiary/aromatic N) is 2.